The van der Waals surface area contributed by atoms with Crippen molar-refractivity contribution in [2.24, 2.45) is 23.7 Å². The number of fused-ring (bicyclic) bond motifs is 1. The second-order valence-electron chi connectivity index (χ2n) is 5.79. The second-order valence-corrected chi connectivity index (χ2v) is 5.79. The van der Waals surface area contributed by atoms with Crippen LogP contribution < -0.4 is 0 Å². The molecule has 3 rings (SSSR count). The summed E-state index contributed by atoms with van der Waals surface area (Å²) in [5, 5.41) is 0. The summed E-state index contributed by atoms with van der Waals surface area (Å²) < 4.78 is 0. The van der Waals surface area contributed by atoms with E-state index in [0.29, 0.717) is 18.4 Å². The molecule has 0 radical (unpaired) electrons. The van der Waals surface area contributed by atoms with Gasteiger partial charge in [0.15, 0.2) is 0 Å². The summed E-state index contributed by atoms with van der Waals surface area (Å²) in [6, 6.07) is 0. The van der Waals surface area contributed by atoms with E-state index in [1.165, 1.54) is 19.3 Å². The van der Waals surface area contributed by atoms with E-state index in [2.05, 4.69) is 5.92 Å². The van der Waals surface area contributed by atoms with Crippen molar-refractivity contribution in [3.63, 3.8) is 0 Å². The van der Waals surface area contributed by atoms with Crippen LogP contribution in [0.3, 0.4) is 0 Å². The van der Waals surface area contributed by atoms with Crippen molar-refractivity contribution in [3.8, 4) is 12.3 Å². The highest BCUT2D eigenvalue weighted by atomic mass is 16.2. The Morgan fingerprint density at radius 1 is 1.25 bits per heavy atom. The van der Waals surface area contributed by atoms with Gasteiger partial charge in [-0.25, -0.2) is 0 Å². The van der Waals surface area contributed by atoms with Gasteiger partial charge in [0.25, 0.3) is 0 Å². The standard InChI is InChI=1S/C14H19NO/c1-2-5-15(9-10-3-4-10)14(16)13-7-11-6-12(11)8-13/h1,10-13H,3-9H2. The summed E-state index contributed by atoms with van der Waals surface area (Å²) >= 11 is 0. The lowest BCUT2D eigenvalue weighted by molar-refractivity contribution is -0.135. The maximum absolute atomic E-state index is 12.3. The predicted octanol–water partition coefficient (Wildman–Crippen LogP) is 1.90. The first-order valence-electron chi connectivity index (χ1n) is 6.50. The van der Waals surface area contributed by atoms with Gasteiger partial charge in [-0.05, 0) is 49.9 Å². The van der Waals surface area contributed by atoms with Gasteiger partial charge in [0.05, 0.1) is 6.54 Å². The van der Waals surface area contributed by atoms with E-state index >= 15 is 0 Å². The van der Waals surface area contributed by atoms with Crippen molar-refractivity contribution in [3.05, 3.63) is 0 Å². The van der Waals surface area contributed by atoms with Crippen LogP contribution >= 0.6 is 0 Å². The molecular formula is C14H19NO. The molecule has 3 saturated carbocycles. The Morgan fingerprint density at radius 3 is 2.50 bits per heavy atom. The highest BCUT2D eigenvalue weighted by Crippen LogP contribution is 2.54. The SMILES string of the molecule is C#CCN(CC1CC1)C(=O)C1CC2CC2C1. The molecule has 86 valence electrons. The number of terminal acetylenes is 1. The normalized spacial score (nSPS) is 35.3. The number of nitrogens with zero attached hydrogens (tertiary/aromatic N) is 1. The second kappa shape index (κ2) is 3.80. The van der Waals surface area contributed by atoms with E-state index in [-0.39, 0.29) is 0 Å². The first kappa shape index (κ1) is 10.2. The third-order valence-corrected chi connectivity index (χ3v) is 4.36. The smallest absolute Gasteiger partial charge is 0.226 e. The molecule has 0 aromatic carbocycles. The molecular weight excluding hydrogens is 198 g/mol. The molecule has 0 spiro atoms. The van der Waals surface area contributed by atoms with Crippen LogP contribution in [-0.2, 0) is 4.79 Å². The van der Waals surface area contributed by atoms with Crippen LogP contribution in [0, 0.1) is 36.0 Å². The molecule has 0 bridgehead atoms. The molecule has 0 aromatic heterocycles. The number of carbonyl (C=O) groups is 1. The van der Waals surface area contributed by atoms with E-state index in [0.717, 1.165) is 37.1 Å². The van der Waals surface area contributed by atoms with Crippen molar-refractivity contribution in [1.82, 2.24) is 4.90 Å². The Balaban J connectivity index is 1.58. The molecule has 2 unspecified atom stereocenters. The zero-order valence-electron chi connectivity index (χ0n) is 9.69. The van der Waals surface area contributed by atoms with Gasteiger partial charge < -0.3 is 4.90 Å². The molecule has 0 aliphatic heterocycles. The van der Waals surface area contributed by atoms with Gasteiger partial charge in [-0.15, -0.1) is 6.42 Å². The molecule has 1 amide bonds. The van der Waals surface area contributed by atoms with Crippen LogP contribution in [0.15, 0.2) is 0 Å². The molecule has 2 nitrogen and oxygen atoms in total. The van der Waals surface area contributed by atoms with Gasteiger partial charge >= 0.3 is 0 Å². The quantitative estimate of drug-likeness (QED) is 0.659. The summed E-state index contributed by atoms with van der Waals surface area (Å²) in [6.07, 6.45) is 11.6. The first-order valence-corrected chi connectivity index (χ1v) is 6.50. The van der Waals surface area contributed by atoms with Crippen molar-refractivity contribution in [2.45, 2.75) is 32.1 Å². The fourth-order valence-corrected chi connectivity index (χ4v) is 3.13. The van der Waals surface area contributed by atoms with Crippen LogP contribution in [-0.4, -0.2) is 23.9 Å². The summed E-state index contributed by atoms with van der Waals surface area (Å²) in [7, 11) is 0. The average molecular weight is 217 g/mol. The fraction of sp³-hybridized carbons (Fsp3) is 0.786. The van der Waals surface area contributed by atoms with E-state index in [1.54, 1.807) is 0 Å². The zero-order valence-corrected chi connectivity index (χ0v) is 9.69. The molecule has 0 aromatic rings. The largest absolute Gasteiger partial charge is 0.331 e. The van der Waals surface area contributed by atoms with Crippen LogP contribution in [0.4, 0.5) is 0 Å². The predicted molar refractivity (Wildman–Crippen MR) is 62.5 cm³/mol. The minimum atomic E-state index is 0.302. The van der Waals surface area contributed by atoms with Gasteiger partial charge in [0, 0.05) is 12.5 Å². The summed E-state index contributed by atoms with van der Waals surface area (Å²) in [5.41, 5.74) is 0. The van der Waals surface area contributed by atoms with Crippen LogP contribution in [0.2, 0.25) is 0 Å². The summed E-state index contributed by atoms with van der Waals surface area (Å²) in [5.74, 6) is 5.78. The van der Waals surface area contributed by atoms with E-state index in [9.17, 15) is 4.79 Å². The lowest BCUT2D eigenvalue weighted by Gasteiger charge is -2.24. The van der Waals surface area contributed by atoms with Gasteiger partial charge in [0.2, 0.25) is 5.91 Å². The summed E-state index contributed by atoms with van der Waals surface area (Å²) in [6.45, 7) is 1.43. The van der Waals surface area contributed by atoms with E-state index in [1.807, 2.05) is 4.90 Å². The molecule has 2 heteroatoms. The molecule has 16 heavy (non-hydrogen) atoms. The Bertz CT molecular complexity index is 329. The molecule has 3 aliphatic rings. The number of carbonyl (C=O) groups excluding carboxylic acids is 1. The average Bonchev–Trinajstić information content (AvgIpc) is 3.19. The van der Waals surface area contributed by atoms with Crippen molar-refractivity contribution < 1.29 is 4.79 Å². The number of rotatable bonds is 4. The van der Waals surface area contributed by atoms with Crippen molar-refractivity contribution >= 4 is 5.91 Å². The molecule has 0 heterocycles. The molecule has 0 N–H and O–H groups in total. The third kappa shape index (κ3) is 1.96. The number of hydrogen-bond donors (Lipinski definition) is 0. The molecule has 3 fully saturated rings. The Labute approximate surface area is 97.4 Å². The van der Waals surface area contributed by atoms with E-state index < -0.39 is 0 Å². The zero-order chi connectivity index (χ0) is 11.1. The lowest BCUT2D eigenvalue weighted by Crippen LogP contribution is -2.37. The molecule has 3 aliphatic carbocycles. The van der Waals surface area contributed by atoms with Gasteiger partial charge in [-0.3, -0.25) is 4.79 Å². The molecule has 0 saturated heterocycles. The number of hydrogen-bond acceptors (Lipinski definition) is 1. The fourth-order valence-electron chi connectivity index (χ4n) is 3.13. The van der Waals surface area contributed by atoms with E-state index in [4.69, 9.17) is 6.42 Å². The van der Waals surface area contributed by atoms with Gasteiger partial charge in [-0.1, -0.05) is 5.92 Å². The maximum Gasteiger partial charge on any atom is 0.226 e. The van der Waals surface area contributed by atoms with Crippen LogP contribution in [0.5, 0.6) is 0 Å². The Hall–Kier alpha value is -0.970. The van der Waals surface area contributed by atoms with Gasteiger partial charge in [0.1, 0.15) is 0 Å². The minimum absolute atomic E-state index is 0.302. The number of amides is 1. The van der Waals surface area contributed by atoms with Crippen LogP contribution in [0.1, 0.15) is 32.1 Å². The van der Waals surface area contributed by atoms with Crippen molar-refractivity contribution in [2.75, 3.05) is 13.1 Å². The summed E-state index contributed by atoms with van der Waals surface area (Å²) in [4.78, 5) is 14.2. The van der Waals surface area contributed by atoms with Gasteiger partial charge in [-0.2, -0.15) is 0 Å². The highest BCUT2D eigenvalue weighted by Gasteiger charge is 2.48. The van der Waals surface area contributed by atoms with Crippen LogP contribution in [0.25, 0.3) is 0 Å². The minimum Gasteiger partial charge on any atom is -0.331 e. The third-order valence-electron chi connectivity index (χ3n) is 4.36. The molecule has 2 atom stereocenters. The topological polar surface area (TPSA) is 20.3 Å². The monoisotopic (exact) mass is 217 g/mol. The highest BCUT2D eigenvalue weighted by molar-refractivity contribution is 5.79. The Kier molecular flexibility index (Phi) is 2.42. The lowest BCUT2D eigenvalue weighted by atomic mass is 10.0. The van der Waals surface area contributed by atoms with Crippen molar-refractivity contribution in [1.29, 1.82) is 0 Å². The first-order chi connectivity index (χ1) is 7.78. The maximum atomic E-state index is 12.3. The Morgan fingerprint density at radius 2 is 1.94 bits per heavy atom.